The van der Waals surface area contributed by atoms with Crippen LogP contribution in [0.15, 0.2) is 18.2 Å². The molecule has 2 N–H and O–H groups in total. The zero-order valence-corrected chi connectivity index (χ0v) is 23.5. The summed E-state index contributed by atoms with van der Waals surface area (Å²) in [6.45, 7) is 8.34. The van der Waals surface area contributed by atoms with Crippen molar-refractivity contribution in [3.8, 4) is 0 Å². The van der Waals surface area contributed by atoms with E-state index in [4.69, 9.17) is 7.85 Å². The fourth-order valence-electron chi connectivity index (χ4n) is 5.44. The number of fused-ring (bicyclic) bond motifs is 1. The third-order valence-corrected chi connectivity index (χ3v) is 7.51. The number of nitrogens with zero attached hydrogens (tertiary/aromatic N) is 1. The molecule has 0 spiro atoms. The summed E-state index contributed by atoms with van der Waals surface area (Å²) in [5, 5.41) is 5.57. The van der Waals surface area contributed by atoms with Gasteiger partial charge in [-0.3, -0.25) is 19.7 Å². The lowest BCUT2D eigenvalue weighted by Gasteiger charge is -2.42. The van der Waals surface area contributed by atoms with Gasteiger partial charge in [0.05, 0.1) is 7.85 Å². The van der Waals surface area contributed by atoms with Crippen molar-refractivity contribution in [3.05, 3.63) is 34.9 Å². The van der Waals surface area contributed by atoms with Crippen molar-refractivity contribution >= 4 is 26.1 Å². The van der Waals surface area contributed by atoms with Gasteiger partial charge in [-0.05, 0) is 56.1 Å². The number of halogens is 2. The van der Waals surface area contributed by atoms with E-state index in [0.29, 0.717) is 43.8 Å². The quantitative estimate of drug-likeness (QED) is 0.365. The van der Waals surface area contributed by atoms with Crippen LogP contribution in [0.3, 0.4) is 0 Å². The van der Waals surface area contributed by atoms with Crippen LogP contribution in [-0.2, 0) is 16.1 Å². The Morgan fingerprint density at radius 3 is 2.37 bits per heavy atom. The number of rotatable bonds is 7. The number of hydrogen-bond donors (Lipinski definition) is 2. The third kappa shape index (κ3) is 8.89. The first-order valence-corrected chi connectivity index (χ1v) is 14.2. The van der Waals surface area contributed by atoms with Crippen molar-refractivity contribution in [1.82, 2.24) is 15.5 Å². The van der Waals surface area contributed by atoms with Gasteiger partial charge in [-0.15, -0.1) is 0 Å². The summed E-state index contributed by atoms with van der Waals surface area (Å²) in [7, 11) is 6.17. The maximum Gasteiger partial charge on any atom is 0.255 e. The van der Waals surface area contributed by atoms with Crippen molar-refractivity contribution in [3.63, 3.8) is 0 Å². The van der Waals surface area contributed by atoms with Crippen LogP contribution < -0.4 is 10.6 Å². The summed E-state index contributed by atoms with van der Waals surface area (Å²) in [6, 6.07) is 5.51. The number of nitrogens with one attached hydrogen (secondary N) is 2. The molecule has 0 saturated heterocycles. The second-order valence-corrected chi connectivity index (χ2v) is 10.5. The summed E-state index contributed by atoms with van der Waals surface area (Å²) in [5.74, 6) is -3.05. The van der Waals surface area contributed by atoms with Crippen LogP contribution in [0, 0.1) is 6.92 Å². The number of hydrogen-bond acceptors (Lipinski definition) is 4. The number of alkyl halides is 2. The first-order chi connectivity index (χ1) is 18.1. The molecule has 38 heavy (non-hydrogen) atoms. The summed E-state index contributed by atoms with van der Waals surface area (Å²) >= 11 is 0. The molecular formula is C29H44BF2N3O3. The minimum absolute atomic E-state index is 0.0662. The zero-order valence-electron chi connectivity index (χ0n) is 23.5. The lowest BCUT2D eigenvalue weighted by atomic mass is 9.66. The second kappa shape index (κ2) is 14.8. The third-order valence-electron chi connectivity index (χ3n) is 7.51. The monoisotopic (exact) mass is 531 g/mol. The molecule has 0 aromatic heterocycles. The number of aryl methyl sites for hydroxylation is 1. The molecule has 210 valence electrons. The van der Waals surface area contributed by atoms with Gasteiger partial charge in [0.1, 0.15) is 6.04 Å². The Bertz CT molecular complexity index is 928. The Morgan fingerprint density at radius 1 is 1.16 bits per heavy atom. The van der Waals surface area contributed by atoms with E-state index in [0.717, 1.165) is 30.4 Å². The zero-order chi connectivity index (χ0) is 28.3. The molecule has 3 amide bonds. The van der Waals surface area contributed by atoms with Gasteiger partial charge < -0.3 is 10.2 Å². The molecule has 6 nitrogen and oxygen atoms in total. The number of imide groups is 1. The van der Waals surface area contributed by atoms with Crippen LogP contribution >= 0.6 is 0 Å². The number of carbonyl (C=O) groups excluding carboxylic acids is 3. The van der Waals surface area contributed by atoms with Crippen LogP contribution in [0.4, 0.5) is 8.78 Å². The van der Waals surface area contributed by atoms with Crippen molar-refractivity contribution in [2.45, 2.75) is 128 Å². The first kappa shape index (κ1) is 31.9. The highest BCUT2D eigenvalue weighted by Gasteiger charge is 2.41. The summed E-state index contributed by atoms with van der Waals surface area (Å²) in [5.41, 5.74) is 2.14. The van der Waals surface area contributed by atoms with E-state index < -0.39 is 23.3 Å². The van der Waals surface area contributed by atoms with Crippen LogP contribution in [0.25, 0.3) is 0 Å². The molecule has 0 bridgehead atoms. The Hall–Kier alpha value is -2.29. The Kier molecular flexibility index (Phi) is 12.4. The van der Waals surface area contributed by atoms with E-state index in [1.165, 1.54) is 19.3 Å². The molecule has 2 radical (unpaired) electrons. The van der Waals surface area contributed by atoms with Crippen molar-refractivity contribution in [2.75, 3.05) is 0 Å². The predicted octanol–water partition coefficient (Wildman–Crippen LogP) is 5.40. The molecule has 2 aliphatic carbocycles. The molecule has 9 heteroatoms. The van der Waals surface area contributed by atoms with Crippen LogP contribution in [0.5, 0.6) is 0 Å². The highest BCUT2D eigenvalue weighted by Crippen LogP contribution is 2.38. The Balaban J connectivity index is 0.000000256. The van der Waals surface area contributed by atoms with Gasteiger partial charge in [0.2, 0.25) is 18.2 Å². The van der Waals surface area contributed by atoms with E-state index >= 15 is 0 Å². The lowest BCUT2D eigenvalue weighted by Crippen LogP contribution is -2.54. The van der Waals surface area contributed by atoms with E-state index in [9.17, 15) is 23.2 Å². The van der Waals surface area contributed by atoms with Crippen molar-refractivity contribution in [2.24, 2.45) is 0 Å². The highest BCUT2D eigenvalue weighted by atomic mass is 19.3. The molecule has 3 aliphatic rings. The van der Waals surface area contributed by atoms with Gasteiger partial charge in [0.25, 0.3) is 5.91 Å². The Labute approximate surface area is 228 Å². The SMILES string of the molecule is CC.CCCC(C(=O)NC=O)N1Cc2cc(C)ccc2C1=O.[B]C1(NC2CCCCC2)CCC(F)(F)CC1. The highest BCUT2D eigenvalue weighted by molar-refractivity contribution is 6.15. The maximum absolute atomic E-state index is 13.0. The molecule has 1 aliphatic heterocycles. The minimum Gasteiger partial charge on any atom is -0.322 e. The smallest absolute Gasteiger partial charge is 0.255 e. The fraction of sp³-hybridized carbons (Fsp3) is 0.690. The molecule has 1 heterocycles. The second-order valence-electron chi connectivity index (χ2n) is 10.5. The summed E-state index contributed by atoms with van der Waals surface area (Å²) in [6.07, 6.45) is 8.41. The minimum atomic E-state index is -2.49. The average Bonchev–Trinajstić information content (AvgIpc) is 3.22. The normalized spacial score (nSPS) is 20.7. The standard InChI is InChI=1S/C15H18N2O3.C12H20BF2N.C2H6/c1-3-4-13(14(19)16-9-18)17-8-11-7-10(2)5-6-12(11)15(17)20;13-11(6-8-12(14,15)9-7-11)16-10-4-2-1-3-5-10;1-2/h5-7,9,13H,3-4,8H2,1-2H3,(H,16,18,19);10,16H,1-9H2;1-2H3. The van der Waals surface area contributed by atoms with Crippen LogP contribution in [-0.4, -0.2) is 54.4 Å². The average molecular weight is 531 g/mol. The van der Waals surface area contributed by atoms with E-state index in [1.54, 1.807) is 11.0 Å². The summed E-state index contributed by atoms with van der Waals surface area (Å²) < 4.78 is 26.1. The van der Waals surface area contributed by atoms with Gasteiger partial charge in [0.15, 0.2) is 0 Å². The molecule has 2 saturated carbocycles. The Morgan fingerprint density at radius 2 is 1.79 bits per heavy atom. The summed E-state index contributed by atoms with van der Waals surface area (Å²) in [4.78, 5) is 36.3. The molecule has 1 aromatic rings. The van der Waals surface area contributed by atoms with Gasteiger partial charge in [-0.25, -0.2) is 8.78 Å². The lowest BCUT2D eigenvalue weighted by molar-refractivity contribution is -0.129. The van der Waals surface area contributed by atoms with Crippen LogP contribution in [0.2, 0.25) is 0 Å². The largest absolute Gasteiger partial charge is 0.322 e. The van der Waals surface area contributed by atoms with Gasteiger partial charge in [0, 0.05) is 31.0 Å². The van der Waals surface area contributed by atoms with Gasteiger partial charge >= 0.3 is 0 Å². The topological polar surface area (TPSA) is 78.5 Å². The number of carbonyl (C=O) groups is 3. The van der Waals surface area contributed by atoms with Crippen molar-refractivity contribution in [1.29, 1.82) is 0 Å². The number of amides is 3. The van der Waals surface area contributed by atoms with E-state index in [-0.39, 0.29) is 18.7 Å². The molecular weight excluding hydrogens is 487 g/mol. The molecule has 1 atom stereocenters. The maximum atomic E-state index is 13.0. The first-order valence-electron chi connectivity index (χ1n) is 14.2. The van der Waals surface area contributed by atoms with E-state index in [1.807, 2.05) is 39.8 Å². The molecule has 1 aromatic carbocycles. The van der Waals surface area contributed by atoms with Gasteiger partial charge in [-0.1, -0.05) is 64.2 Å². The molecule has 1 unspecified atom stereocenters. The van der Waals surface area contributed by atoms with Gasteiger partial charge in [-0.2, -0.15) is 0 Å². The fourth-order valence-corrected chi connectivity index (χ4v) is 5.44. The van der Waals surface area contributed by atoms with Crippen molar-refractivity contribution < 1.29 is 23.2 Å². The molecule has 2 fully saturated rings. The van der Waals surface area contributed by atoms with E-state index in [2.05, 4.69) is 10.6 Å². The number of benzene rings is 1. The van der Waals surface area contributed by atoms with Crippen LogP contribution in [0.1, 0.15) is 113 Å². The molecule has 4 rings (SSSR count). The predicted molar refractivity (Wildman–Crippen MR) is 147 cm³/mol.